The summed E-state index contributed by atoms with van der Waals surface area (Å²) in [5.41, 5.74) is 2.07. The summed E-state index contributed by atoms with van der Waals surface area (Å²) in [6.45, 7) is 8.80. The lowest BCUT2D eigenvalue weighted by Gasteiger charge is -2.27. The van der Waals surface area contributed by atoms with Crippen molar-refractivity contribution >= 4 is 23.1 Å². The summed E-state index contributed by atoms with van der Waals surface area (Å²) in [5.74, 6) is -0.548. The summed E-state index contributed by atoms with van der Waals surface area (Å²) in [7, 11) is 4.51. The van der Waals surface area contributed by atoms with Gasteiger partial charge in [0.15, 0.2) is 17.3 Å². The summed E-state index contributed by atoms with van der Waals surface area (Å²) in [6.07, 6.45) is 2.42. The van der Waals surface area contributed by atoms with Gasteiger partial charge in [-0.05, 0) is 62.8 Å². The smallest absolute Gasteiger partial charge is 0.295 e. The van der Waals surface area contributed by atoms with E-state index in [4.69, 9.17) is 14.2 Å². The maximum atomic E-state index is 13.6. The van der Waals surface area contributed by atoms with Crippen LogP contribution in [0.15, 0.2) is 42.1 Å². The van der Waals surface area contributed by atoms with E-state index in [1.54, 1.807) is 29.7 Å². The fourth-order valence-corrected chi connectivity index (χ4v) is 5.25. The molecule has 1 aromatic carbocycles. The molecule has 0 radical (unpaired) electrons. The first-order valence-electron chi connectivity index (χ1n) is 13.1. The number of hydrogen-bond donors (Lipinski definition) is 1. The van der Waals surface area contributed by atoms with E-state index in [1.165, 1.54) is 26.2 Å². The number of likely N-dealkylation sites (tertiary alicyclic amines) is 1. The molecule has 0 unspecified atom stereocenters. The highest BCUT2D eigenvalue weighted by molar-refractivity contribution is 6.46. The highest BCUT2D eigenvalue weighted by Crippen LogP contribution is 2.46. The standard InChI is InChI=1S/C29H36N4O6/c1-7-31(8-2)13-11-15-33-25(19-16-20(37-4)28(39-6)21(17-19)38-5)23(27(35)29(33)36)26(34)24-18(3)30-22-12-9-10-14-32(22)24/h9-10,12,14,16-17,25,34H,7-8,11,13,15H2,1-6H3/b26-23+/t25-/m0/s1. The van der Waals surface area contributed by atoms with Gasteiger partial charge in [-0.1, -0.05) is 19.9 Å². The van der Waals surface area contributed by atoms with Crippen LogP contribution in [0.2, 0.25) is 0 Å². The lowest BCUT2D eigenvalue weighted by molar-refractivity contribution is -0.140. The first-order valence-corrected chi connectivity index (χ1v) is 13.1. The second-order valence-corrected chi connectivity index (χ2v) is 9.31. The zero-order valence-corrected chi connectivity index (χ0v) is 23.4. The quantitative estimate of drug-likeness (QED) is 0.224. The number of methoxy groups -OCH3 is 3. The van der Waals surface area contributed by atoms with Gasteiger partial charge in [0.05, 0.1) is 38.6 Å². The van der Waals surface area contributed by atoms with Gasteiger partial charge < -0.3 is 29.1 Å². The van der Waals surface area contributed by atoms with Crippen molar-refractivity contribution in [3.63, 3.8) is 0 Å². The minimum absolute atomic E-state index is 0.00846. The van der Waals surface area contributed by atoms with Crippen LogP contribution in [0, 0.1) is 6.92 Å². The van der Waals surface area contributed by atoms with E-state index in [1.807, 2.05) is 18.2 Å². The van der Waals surface area contributed by atoms with Gasteiger partial charge in [0, 0.05) is 12.7 Å². The summed E-state index contributed by atoms with van der Waals surface area (Å²) < 4.78 is 18.3. The lowest BCUT2D eigenvalue weighted by Crippen LogP contribution is -2.33. The maximum absolute atomic E-state index is 13.6. The Kier molecular flexibility index (Phi) is 8.44. The number of nitrogens with zero attached hydrogens (tertiary/aromatic N) is 4. The van der Waals surface area contributed by atoms with Crippen molar-refractivity contribution in [3.8, 4) is 17.2 Å². The third-order valence-electron chi connectivity index (χ3n) is 7.24. The number of imidazole rings is 1. The molecule has 1 fully saturated rings. The highest BCUT2D eigenvalue weighted by atomic mass is 16.5. The third-order valence-corrected chi connectivity index (χ3v) is 7.24. The van der Waals surface area contributed by atoms with E-state index in [-0.39, 0.29) is 11.3 Å². The monoisotopic (exact) mass is 536 g/mol. The molecular weight excluding hydrogens is 500 g/mol. The SMILES string of the molecule is CCN(CC)CCCN1C(=O)C(=O)/C(=C(/O)c2c(C)nc3ccccn23)[C@@H]1c1cc(OC)c(OC)c(OC)c1. The topological polar surface area (TPSA) is 106 Å². The van der Waals surface area contributed by atoms with Crippen molar-refractivity contribution in [3.05, 3.63) is 59.1 Å². The summed E-state index contributed by atoms with van der Waals surface area (Å²) in [6, 6.07) is 8.02. The Morgan fingerprint density at radius 2 is 1.72 bits per heavy atom. The number of aliphatic hydroxyl groups is 1. The van der Waals surface area contributed by atoms with Gasteiger partial charge in [-0.25, -0.2) is 4.98 Å². The average molecular weight is 537 g/mol. The van der Waals surface area contributed by atoms with Crippen LogP contribution in [0.4, 0.5) is 0 Å². The number of carbonyl (C=O) groups excluding carboxylic acids is 2. The zero-order chi connectivity index (χ0) is 28.3. The number of aryl methyl sites for hydroxylation is 1. The molecule has 1 aliphatic heterocycles. The van der Waals surface area contributed by atoms with Crippen LogP contribution in [0.5, 0.6) is 17.2 Å². The van der Waals surface area contributed by atoms with Crippen LogP contribution in [0.25, 0.3) is 11.4 Å². The van der Waals surface area contributed by atoms with Gasteiger partial charge in [-0.3, -0.25) is 14.0 Å². The Morgan fingerprint density at radius 1 is 1.05 bits per heavy atom. The van der Waals surface area contributed by atoms with Gasteiger partial charge in [-0.15, -0.1) is 0 Å². The predicted molar refractivity (Wildman–Crippen MR) is 147 cm³/mol. The van der Waals surface area contributed by atoms with E-state index in [0.717, 1.165) is 19.6 Å². The first kappa shape index (κ1) is 28.0. The molecule has 0 spiro atoms. The molecule has 1 saturated heterocycles. The predicted octanol–water partition coefficient (Wildman–Crippen LogP) is 3.82. The van der Waals surface area contributed by atoms with Gasteiger partial charge >= 0.3 is 0 Å². The second-order valence-electron chi connectivity index (χ2n) is 9.31. The van der Waals surface area contributed by atoms with Gasteiger partial charge in [0.1, 0.15) is 11.3 Å². The molecule has 10 heteroatoms. The number of benzene rings is 1. The fraction of sp³-hybridized carbons (Fsp3) is 0.414. The lowest BCUT2D eigenvalue weighted by atomic mass is 9.95. The van der Waals surface area contributed by atoms with Crippen molar-refractivity contribution in [1.82, 2.24) is 19.2 Å². The molecule has 0 saturated carbocycles. The molecule has 1 atom stereocenters. The molecule has 39 heavy (non-hydrogen) atoms. The van der Waals surface area contributed by atoms with E-state index in [9.17, 15) is 14.7 Å². The van der Waals surface area contributed by atoms with Crippen LogP contribution >= 0.6 is 0 Å². The summed E-state index contributed by atoms with van der Waals surface area (Å²) in [4.78, 5) is 35.4. The number of amides is 1. The van der Waals surface area contributed by atoms with Crippen molar-refractivity contribution in [2.45, 2.75) is 33.2 Å². The minimum atomic E-state index is -0.871. The van der Waals surface area contributed by atoms with Crippen LogP contribution in [0.1, 0.15) is 43.3 Å². The number of aromatic nitrogens is 2. The molecule has 0 bridgehead atoms. The Morgan fingerprint density at radius 3 is 2.31 bits per heavy atom. The van der Waals surface area contributed by atoms with E-state index in [2.05, 4.69) is 23.7 Å². The Balaban J connectivity index is 1.91. The normalized spacial score (nSPS) is 16.9. The Labute approximate surface area is 228 Å². The number of carbonyl (C=O) groups is 2. The van der Waals surface area contributed by atoms with Crippen molar-refractivity contribution in [1.29, 1.82) is 0 Å². The van der Waals surface area contributed by atoms with Crippen LogP contribution < -0.4 is 14.2 Å². The van der Waals surface area contributed by atoms with Crippen molar-refractivity contribution < 1.29 is 28.9 Å². The molecule has 10 nitrogen and oxygen atoms in total. The molecule has 1 aliphatic rings. The Bertz CT molecular complexity index is 1380. The molecule has 3 aromatic rings. The largest absolute Gasteiger partial charge is 0.505 e. The number of ketones is 1. The Hall–Kier alpha value is -4.05. The third kappa shape index (κ3) is 5.04. The number of Topliss-reactive ketones (excluding diaryl/α,β-unsaturated/α-hetero) is 1. The van der Waals surface area contributed by atoms with E-state index in [0.29, 0.717) is 52.8 Å². The number of fused-ring (bicyclic) bond motifs is 1. The first-order chi connectivity index (χ1) is 18.8. The summed E-state index contributed by atoms with van der Waals surface area (Å²) >= 11 is 0. The minimum Gasteiger partial charge on any atom is -0.505 e. The number of pyridine rings is 1. The van der Waals surface area contributed by atoms with Crippen LogP contribution in [-0.4, -0.2) is 83.5 Å². The highest BCUT2D eigenvalue weighted by Gasteiger charge is 2.47. The van der Waals surface area contributed by atoms with Gasteiger partial charge in [0.25, 0.3) is 11.7 Å². The number of ether oxygens (including phenoxy) is 3. The molecule has 3 heterocycles. The second kappa shape index (κ2) is 11.8. The number of rotatable bonds is 11. The maximum Gasteiger partial charge on any atom is 0.295 e. The van der Waals surface area contributed by atoms with E-state index < -0.39 is 17.7 Å². The van der Waals surface area contributed by atoms with Crippen molar-refractivity contribution in [2.75, 3.05) is 47.5 Å². The fourth-order valence-electron chi connectivity index (χ4n) is 5.25. The van der Waals surface area contributed by atoms with E-state index >= 15 is 0 Å². The van der Waals surface area contributed by atoms with Crippen LogP contribution in [-0.2, 0) is 9.59 Å². The van der Waals surface area contributed by atoms with Gasteiger partial charge in [-0.2, -0.15) is 0 Å². The average Bonchev–Trinajstić information content (AvgIpc) is 3.42. The zero-order valence-electron chi connectivity index (χ0n) is 23.4. The van der Waals surface area contributed by atoms with Gasteiger partial charge in [0.2, 0.25) is 5.75 Å². The number of aliphatic hydroxyl groups excluding tert-OH is 1. The molecule has 4 rings (SSSR count). The molecular formula is C29H36N4O6. The number of hydrogen-bond acceptors (Lipinski definition) is 8. The summed E-state index contributed by atoms with van der Waals surface area (Å²) in [5, 5.41) is 11.7. The molecule has 208 valence electrons. The molecule has 1 amide bonds. The molecule has 2 aromatic heterocycles. The molecule has 1 N–H and O–H groups in total. The van der Waals surface area contributed by atoms with Crippen LogP contribution in [0.3, 0.4) is 0 Å². The molecule has 0 aliphatic carbocycles. The van der Waals surface area contributed by atoms with Crippen molar-refractivity contribution in [2.24, 2.45) is 0 Å².